The lowest BCUT2D eigenvalue weighted by Crippen LogP contribution is -2.19. The minimum Gasteiger partial charge on any atom is -0.508 e. The Morgan fingerprint density at radius 3 is 2.54 bits per heavy atom. The topological polar surface area (TPSA) is 99.6 Å². The van der Waals surface area contributed by atoms with E-state index in [1.807, 2.05) is 31.2 Å². The van der Waals surface area contributed by atoms with Gasteiger partial charge in [0.05, 0.1) is 19.0 Å². The third kappa shape index (κ3) is 3.72. The molecule has 7 nitrogen and oxygen atoms in total. The van der Waals surface area contributed by atoms with Crippen LogP contribution in [0.2, 0.25) is 0 Å². The van der Waals surface area contributed by atoms with Crippen molar-refractivity contribution in [3.05, 3.63) is 65.4 Å². The molecule has 3 N–H and O–H groups in total. The predicted molar refractivity (Wildman–Crippen MR) is 98.5 cm³/mol. The highest BCUT2D eigenvalue weighted by atomic mass is 16.5. The molecule has 3 aromatic rings. The molecule has 0 fully saturated rings. The van der Waals surface area contributed by atoms with Crippen molar-refractivity contribution in [2.75, 3.05) is 7.11 Å². The fourth-order valence-corrected chi connectivity index (χ4v) is 2.43. The number of ether oxygens (including phenoxy) is 1. The molecule has 2 aromatic carbocycles. The maximum Gasteiger partial charge on any atom is 0.289 e. The first-order valence-corrected chi connectivity index (χ1v) is 7.90. The van der Waals surface area contributed by atoms with Gasteiger partial charge in [-0.3, -0.25) is 9.89 Å². The lowest BCUT2D eigenvalue weighted by Gasteiger charge is -2.02. The Kier molecular flexibility index (Phi) is 4.98. The SMILES string of the molecule is COc1ccc(-c2n[nH]c(C(=O)N/N=C\c3ccc(O)cc3)c2C)cc1. The Morgan fingerprint density at radius 1 is 1.19 bits per heavy atom. The summed E-state index contributed by atoms with van der Waals surface area (Å²) in [7, 11) is 1.61. The number of aromatic nitrogens is 2. The highest BCUT2D eigenvalue weighted by molar-refractivity contribution is 5.96. The van der Waals surface area contributed by atoms with Crippen LogP contribution in [0.5, 0.6) is 11.5 Å². The zero-order valence-corrected chi connectivity index (χ0v) is 14.4. The largest absolute Gasteiger partial charge is 0.508 e. The summed E-state index contributed by atoms with van der Waals surface area (Å²) in [5.41, 5.74) is 5.87. The normalized spacial score (nSPS) is 10.8. The summed E-state index contributed by atoms with van der Waals surface area (Å²) in [5, 5.41) is 20.2. The van der Waals surface area contributed by atoms with E-state index in [0.29, 0.717) is 11.4 Å². The van der Waals surface area contributed by atoms with Crippen molar-refractivity contribution in [1.29, 1.82) is 0 Å². The summed E-state index contributed by atoms with van der Waals surface area (Å²) in [4.78, 5) is 12.3. The maximum absolute atomic E-state index is 12.3. The van der Waals surface area contributed by atoms with Gasteiger partial charge in [-0.15, -0.1) is 0 Å². The molecule has 0 aliphatic rings. The third-order valence-electron chi connectivity index (χ3n) is 3.87. The Bertz CT molecular complexity index is 928. The molecule has 1 amide bonds. The van der Waals surface area contributed by atoms with Crippen molar-refractivity contribution in [1.82, 2.24) is 15.6 Å². The van der Waals surface area contributed by atoms with Gasteiger partial charge in [0.1, 0.15) is 17.2 Å². The number of phenolic OH excluding ortho intramolecular Hbond substituents is 1. The molecule has 0 aliphatic carbocycles. The van der Waals surface area contributed by atoms with Gasteiger partial charge in [-0.05, 0) is 61.0 Å². The van der Waals surface area contributed by atoms with Crippen LogP contribution in [0, 0.1) is 6.92 Å². The lowest BCUT2D eigenvalue weighted by atomic mass is 10.1. The van der Waals surface area contributed by atoms with Gasteiger partial charge in [0.15, 0.2) is 0 Å². The lowest BCUT2D eigenvalue weighted by molar-refractivity contribution is 0.0949. The van der Waals surface area contributed by atoms with Crippen LogP contribution in [0.3, 0.4) is 0 Å². The molecule has 0 bridgehead atoms. The van der Waals surface area contributed by atoms with Crippen LogP contribution >= 0.6 is 0 Å². The van der Waals surface area contributed by atoms with Crippen molar-refractivity contribution < 1.29 is 14.6 Å². The molecular formula is C19H18N4O3. The summed E-state index contributed by atoms with van der Waals surface area (Å²) in [6.07, 6.45) is 1.49. The van der Waals surface area contributed by atoms with Gasteiger partial charge in [-0.1, -0.05) is 0 Å². The minimum atomic E-state index is -0.384. The van der Waals surface area contributed by atoms with E-state index in [2.05, 4.69) is 20.7 Å². The molecule has 1 aromatic heterocycles. The number of H-pyrrole nitrogens is 1. The number of aromatic hydroxyl groups is 1. The van der Waals surface area contributed by atoms with Gasteiger partial charge in [0.2, 0.25) is 0 Å². The quantitative estimate of drug-likeness (QED) is 0.487. The Balaban J connectivity index is 1.72. The molecule has 0 spiro atoms. The Labute approximate surface area is 150 Å². The van der Waals surface area contributed by atoms with Crippen LogP contribution in [0.15, 0.2) is 53.6 Å². The first kappa shape index (κ1) is 17.2. The smallest absolute Gasteiger partial charge is 0.289 e. The minimum absolute atomic E-state index is 0.172. The van der Waals surface area contributed by atoms with Crippen molar-refractivity contribution in [2.24, 2.45) is 5.10 Å². The van der Waals surface area contributed by atoms with E-state index in [0.717, 1.165) is 22.4 Å². The number of rotatable bonds is 5. The van der Waals surface area contributed by atoms with Gasteiger partial charge in [-0.25, -0.2) is 5.43 Å². The molecule has 26 heavy (non-hydrogen) atoms. The number of carbonyl (C=O) groups excluding carboxylic acids is 1. The van der Waals surface area contributed by atoms with Gasteiger partial charge >= 0.3 is 0 Å². The first-order chi connectivity index (χ1) is 12.6. The number of benzene rings is 2. The van der Waals surface area contributed by atoms with Crippen LogP contribution in [-0.2, 0) is 0 Å². The van der Waals surface area contributed by atoms with Crippen LogP contribution in [0.25, 0.3) is 11.3 Å². The number of phenols is 1. The molecule has 0 unspecified atom stereocenters. The van der Waals surface area contributed by atoms with E-state index in [4.69, 9.17) is 4.74 Å². The Hall–Kier alpha value is -3.61. The number of hydrogen-bond acceptors (Lipinski definition) is 5. The van der Waals surface area contributed by atoms with E-state index in [9.17, 15) is 9.90 Å². The average molecular weight is 350 g/mol. The number of hydrogen-bond donors (Lipinski definition) is 3. The standard InChI is InChI=1S/C19H18N4O3/c1-12-17(14-5-9-16(26-2)10-6-14)21-22-18(12)19(25)23-20-11-13-3-7-15(24)8-4-13/h3-11,24H,1-2H3,(H,21,22)(H,23,25)/b20-11-. The molecule has 7 heteroatoms. The van der Waals surface area contributed by atoms with Gasteiger partial charge in [0, 0.05) is 11.1 Å². The predicted octanol–water partition coefficient (Wildman–Crippen LogP) is 2.86. The monoisotopic (exact) mass is 350 g/mol. The summed E-state index contributed by atoms with van der Waals surface area (Å²) in [6.45, 7) is 1.82. The van der Waals surface area contributed by atoms with E-state index in [1.54, 1.807) is 31.4 Å². The van der Waals surface area contributed by atoms with Gasteiger partial charge < -0.3 is 9.84 Å². The van der Waals surface area contributed by atoms with Gasteiger partial charge in [-0.2, -0.15) is 10.2 Å². The zero-order chi connectivity index (χ0) is 18.5. The molecule has 0 saturated heterocycles. The highest BCUT2D eigenvalue weighted by Crippen LogP contribution is 2.25. The second kappa shape index (κ2) is 7.52. The summed E-state index contributed by atoms with van der Waals surface area (Å²) in [6, 6.07) is 13.9. The van der Waals surface area contributed by atoms with E-state index in [-0.39, 0.29) is 11.7 Å². The first-order valence-electron chi connectivity index (χ1n) is 7.90. The average Bonchev–Trinajstić information content (AvgIpc) is 3.05. The number of carbonyl (C=O) groups is 1. The Morgan fingerprint density at radius 2 is 1.88 bits per heavy atom. The number of nitrogens with one attached hydrogen (secondary N) is 2. The molecule has 0 aliphatic heterocycles. The van der Waals surface area contributed by atoms with E-state index >= 15 is 0 Å². The summed E-state index contributed by atoms with van der Waals surface area (Å²) >= 11 is 0. The molecule has 1 heterocycles. The second-order valence-corrected chi connectivity index (χ2v) is 5.59. The van der Waals surface area contributed by atoms with Crippen LogP contribution in [0.4, 0.5) is 0 Å². The van der Waals surface area contributed by atoms with Crippen LogP contribution in [0.1, 0.15) is 21.6 Å². The fourth-order valence-electron chi connectivity index (χ4n) is 2.43. The molecule has 0 saturated carbocycles. The van der Waals surface area contributed by atoms with Crippen molar-refractivity contribution in [3.63, 3.8) is 0 Å². The van der Waals surface area contributed by atoms with Crippen molar-refractivity contribution in [3.8, 4) is 22.8 Å². The number of methoxy groups -OCH3 is 1. The van der Waals surface area contributed by atoms with Crippen molar-refractivity contribution >= 4 is 12.1 Å². The summed E-state index contributed by atoms with van der Waals surface area (Å²) in [5.74, 6) is 0.540. The van der Waals surface area contributed by atoms with E-state index in [1.165, 1.54) is 6.21 Å². The molecule has 0 radical (unpaired) electrons. The zero-order valence-electron chi connectivity index (χ0n) is 14.4. The van der Waals surface area contributed by atoms with Crippen molar-refractivity contribution in [2.45, 2.75) is 6.92 Å². The molecular weight excluding hydrogens is 332 g/mol. The highest BCUT2D eigenvalue weighted by Gasteiger charge is 2.16. The molecule has 3 rings (SSSR count). The maximum atomic E-state index is 12.3. The summed E-state index contributed by atoms with van der Waals surface area (Å²) < 4.78 is 5.14. The third-order valence-corrected chi connectivity index (χ3v) is 3.87. The molecule has 0 atom stereocenters. The number of amides is 1. The van der Waals surface area contributed by atoms with Gasteiger partial charge in [0.25, 0.3) is 5.91 Å². The number of aromatic amines is 1. The van der Waals surface area contributed by atoms with Crippen LogP contribution < -0.4 is 10.2 Å². The fraction of sp³-hybridized carbons (Fsp3) is 0.105. The number of hydrazone groups is 1. The number of nitrogens with zero attached hydrogens (tertiary/aromatic N) is 2. The molecule has 132 valence electrons. The second-order valence-electron chi connectivity index (χ2n) is 5.59. The van der Waals surface area contributed by atoms with E-state index < -0.39 is 0 Å². The van der Waals surface area contributed by atoms with Crippen LogP contribution in [-0.4, -0.2) is 34.5 Å².